The molecule has 0 N–H and O–H groups in total. The van der Waals surface area contributed by atoms with E-state index in [1.165, 1.54) is 11.1 Å². The van der Waals surface area contributed by atoms with Gasteiger partial charge in [-0.15, -0.1) is 0 Å². The van der Waals surface area contributed by atoms with Crippen LogP contribution in [0.3, 0.4) is 0 Å². The lowest BCUT2D eigenvalue weighted by molar-refractivity contribution is 0.303. The fraction of sp³-hybridized carbons (Fsp3) is 0.312. The number of aromatic nitrogens is 1. The Morgan fingerprint density at radius 3 is 2.72 bits per heavy atom. The monoisotopic (exact) mass is 241 g/mol. The Balaban J connectivity index is 2.11. The molecule has 0 atom stereocenters. The Morgan fingerprint density at radius 2 is 2.06 bits per heavy atom. The minimum absolute atomic E-state index is 0.520. The summed E-state index contributed by atoms with van der Waals surface area (Å²) >= 11 is 0. The Bertz CT molecular complexity index is 506. The maximum Gasteiger partial charge on any atom is 0.123 e. The molecule has 0 saturated heterocycles. The standard InChI is InChI=1S/C16H19NO/c1-12(2)15-7-6-13(3)16(9-15)18-11-14-5-4-8-17-10-14/h4-10,12H,11H2,1-3H3. The molecule has 1 aromatic carbocycles. The number of hydrogen-bond acceptors (Lipinski definition) is 2. The van der Waals surface area contributed by atoms with Crippen LogP contribution in [0.5, 0.6) is 5.75 Å². The zero-order valence-electron chi connectivity index (χ0n) is 11.2. The highest BCUT2D eigenvalue weighted by atomic mass is 16.5. The summed E-state index contributed by atoms with van der Waals surface area (Å²) in [6.45, 7) is 7.02. The van der Waals surface area contributed by atoms with Crippen molar-refractivity contribution in [2.24, 2.45) is 0 Å². The highest BCUT2D eigenvalue weighted by molar-refractivity contribution is 5.37. The SMILES string of the molecule is Cc1ccc(C(C)C)cc1OCc1cccnc1. The van der Waals surface area contributed by atoms with Crippen molar-refractivity contribution in [1.29, 1.82) is 0 Å². The van der Waals surface area contributed by atoms with E-state index in [9.17, 15) is 0 Å². The molecule has 0 aliphatic carbocycles. The van der Waals surface area contributed by atoms with Crippen LogP contribution in [-0.2, 0) is 6.61 Å². The summed E-state index contributed by atoms with van der Waals surface area (Å²) in [6, 6.07) is 10.4. The second-order valence-electron chi connectivity index (χ2n) is 4.83. The van der Waals surface area contributed by atoms with Gasteiger partial charge in [0, 0.05) is 18.0 Å². The molecular weight excluding hydrogens is 222 g/mol. The van der Waals surface area contributed by atoms with Crippen LogP contribution in [0, 0.1) is 6.92 Å². The van der Waals surface area contributed by atoms with Gasteiger partial charge in [0.1, 0.15) is 12.4 Å². The number of benzene rings is 1. The van der Waals surface area contributed by atoms with Gasteiger partial charge in [0.05, 0.1) is 0 Å². The van der Waals surface area contributed by atoms with Crippen LogP contribution in [0.1, 0.15) is 36.5 Å². The van der Waals surface area contributed by atoms with Gasteiger partial charge in [-0.05, 0) is 36.1 Å². The maximum atomic E-state index is 5.87. The molecule has 0 bridgehead atoms. The van der Waals surface area contributed by atoms with Crippen LogP contribution in [-0.4, -0.2) is 4.98 Å². The summed E-state index contributed by atoms with van der Waals surface area (Å²) in [5.74, 6) is 1.48. The van der Waals surface area contributed by atoms with Crippen molar-refractivity contribution in [2.75, 3.05) is 0 Å². The number of ether oxygens (including phenoxy) is 1. The van der Waals surface area contributed by atoms with Gasteiger partial charge >= 0.3 is 0 Å². The molecule has 1 heterocycles. The molecule has 0 saturated carbocycles. The molecule has 0 spiro atoms. The molecule has 0 unspecified atom stereocenters. The van der Waals surface area contributed by atoms with Crippen LogP contribution in [0.15, 0.2) is 42.7 Å². The second kappa shape index (κ2) is 5.67. The second-order valence-corrected chi connectivity index (χ2v) is 4.83. The molecule has 0 aliphatic rings. The lowest BCUT2D eigenvalue weighted by Crippen LogP contribution is -1.98. The lowest BCUT2D eigenvalue weighted by Gasteiger charge is -2.12. The molecule has 0 fully saturated rings. The molecule has 2 nitrogen and oxygen atoms in total. The summed E-state index contributed by atoms with van der Waals surface area (Å²) in [6.07, 6.45) is 3.61. The lowest BCUT2D eigenvalue weighted by atomic mass is 10.0. The molecule has 2 rings (SSSR count). The van der Waals surface area contributed by atoms with Gasteiger partial charge in [0.25, 0.3) is 0 Å². The summed E-state index contributed by atoms with van der Waals surface area (Å²) in [5, 5.41) is 0. The highest BCUT2D eigenvalue weighted by Gasteiger charge is 2.05. The van der Waals surface area contributed by atoms with Crippen molar-refractivity contribution in [3.8, 4) is 5.75 Å². The Hall–Kier alpha value is -1.83. The topological polar surface area (TPSA) is 22.1 Å². The molecule has 0 radical (unpaired) electrons. The van der Waals surface area contributed by atoms with Gasteiger partial charge in [0.2, 0.25) is 0 Å². The van der Waals surface area contributed by atoms with E-state index in [4.69, 9.17) is 4.74 Å². The number of hydrogen-bond donors (Lipinski definition) is 0. The molecular formula is C16H19NO. The van der Waals surface area contributed by atoms with Crippen molar-refractivity contribution < 1.29 is 4.74 Å². The average Bonchev–Trinajstić information content (AvgIpc) is 2.38. The average molecular weight is 241 g/mol. The van der Waals surface area contributed by atoms with Gasteiger partial charge in [-0.3, -0.25) is 4.98 Å². The number of pyridine rings is 1. The van der Waals surface area contributed by atoms with Crippen LogP contribution >= 0.6 is 0 Å². The Morgan fingerprint density at radius 1 is 1.22 bits per heavy atom. The van der Waals surface area contributed by atoms with E-state index in [0.717, 1.165) is 11.3 Å². The zero-order chi connectivity index (χ0) is 13.0. The summed E-state index contributed by atoms with van der Waals surface area (Å²) < 4.78 is 5.87. The molecule has 94 valence electrons. The van der Waals surface area contributed by atoms with Crippen molar-refractivity contribution in [3.05, 3.63) is 59.4 Å². The first-order valence-corrected chi connectivity index (χ1v) is 6.29. The molecule has 0 amide bonds. The van der Waals surface area contributed by atoms with Crippen molar-refractivity contribution in [1.82, 2.24) is 4.98 Å². The van der Waals surface area contributed by atoms with E-state index >= 15 is 0 Å². The Labute approximate surface area is 109 Å². The predicted molar refractivity (Wildman–Crippen MR) is 73.8 cm³/mol. The van der Waals surface area contributed by atoms with Crippen molar-refractivity contribution >= 4 is 0 Å². The third-order valence-electron chi connectivity index (χ3n) is 3.00. The maximum absolute atomic E-state index is 5.87. The number of aryl methyl sites for hydroxylation is 1. The molecule has 1 aromatic heterocycles. The van der Waals surface area contributed by atoms with Gasteiger partial charge in [-0.2, -0.15) is 0 Å². The largest absolute Gasteiger partial charge is 0.489 e. The fourth-order valence-electron chi connectivity index (χ4n) is 1.78. The smallest absolute Gasteiger partial charge is 0.123 e. The van der Waals surface area contributed by atoms with Crippen molar-refractivity contribution in [3.63, 3.8) is 0 Å². The van der Waals surface area contributed by atoms with Crippen LogP contribution in [0.25, 0.3) is 0 Å². The van der Waals surface area contributed by atoms with E-state index in [1.54, 1.807) is 6.20 Å². The third kappa shape index (κ3) is 3.10. The van der Waals surface area contributed by atoms with Gasteiger partial charge < -0.3 is 4.74 Å². The number of rotatable bonds is 4. The quantitative estimate of drug-likeness (QED) is 0.804. The van der Waals surface area contributed by atoms with Gasteiger partial charge in [-0.25, -0.2) is 0 Å². The van der Waals surface area contributed by atoms with Crippen LogP contribution in [0.2, 0.25) is 0 Å². The summed E-state index contributed by atoms with van der Waals surface area (Å²) in [4.78, 5) is 4.09. The molecule has 0 aliphatic heterocycles. The van der Waals surface area contributed by atoms with E-state index in [0.29, 0.717) is 12.5 Å². The van der Waals surface area contributed by atoms with Crippen LogP contribution in [0.4, 0.5) is 0 Å². The van der Waals surface area contributed by atoms with Crippen LogP contribution < -0.4 is 4.74 Å². The molecule has 2 aromatic rings. The summed E-state index contributed by atoms with van der Waals surface area (Å²) in [7, 11) is 0. The highest BCUT2D eigenvalue weighted by Crippen LogP contribution is 2.24. The molecule has 2 heteroatoms. The van der Waals surface area contributed by atoms with Gasteiger partial charge in [-0.1, -0.05) is 32.0 Å². The first kappa shape index (κ1) is 12.6. The molecule has 18 heavy (non-hydrogen) atoms. The van der Waals surface area contributed by atoms with Crippen molar-refractivity contribution in [2.45, 2.75) is 33.3 Å². The van der Waals surface area contributed by atoms with E-state index in [1.807, 2.05) is 18.3 Å². The first-order valence-electron chi connectivity index (χ1n) is 6.29. The predicted octanol–water partition coefficient (Wildman–Crippen LogP) is 4.09. The fourth-order valence-corrected chi connectivity index (χ4v) is 1.78. The normalized spacial score (nSPS) is 10.7. The minimum Gasteiger partial charge on any atom is -0.489 e. The zero-order valence-corrected chi connectivity index (χ0v) is 11.2. The number of nitrogens with zero attached hydrogens (tertiary/aromatic N) is 1. The Kier molecular flexibility index (Phi) is 3.98. The van der Waals surface area contributed by atoms with E-state index in [2.05, 4.69) is 44.0 Å². The van der Waals surface area contributed by atoms with E-state index < -0.39 is 0 Å². The van der Waals surface area contributed by atoms with E-state index in [-0.39, 0.29) is 0 Å². The minimum atomic E-state index is 0.520. The first-order chi connectivity index (χ1) is 8.66. The summed E-state index contributed by atoms with van der Waals surface area (Å²) in [5.41, 5.74) is 3.57. The van der Waals surface area contributed by atoms with Gasteiger partial charge in [0.15, 0.2) is 0 Å². The third-order valence-corrected chi connectivity index (χ3v) is 3.00.